The number of carbonyl (C=O) groups is 1. The zero-order chi connectivity index (χ0) is 21.8. The molecule has 4 aliphatic carbocycles. The van der Waals surface area contributed by atoms with E-state index in [1.165, 1.54) is 44.7 Å². The molecule has 5 heteroatoms. The van der Waals surface area contributed by atoms with E-state index in [4.69, 9.17) is 5.26 Å². The molecule has 0 spiro atoms. The molecule has 4 aliphatic rings. The molecule has 4 saturated carbocycles. The molecule has 0 unspecified atom stereocenters. The van der Waals surface area contributed by atoms with Crippen LogP contribution in [0, 0.1) is 52.3 Å². The smallest absolute Gasteiger partial charge is 0.157 e. The zero-order valence-electron chi connectivity index (χ0n) is 19.1. The van der Waals surface area contributed by atoms with Gasteiger partial charge < -0.3 is 5.11 Å². The number of nitrogens with zero attached hydrogens (tertiary/aromatic N) is 3. The second-order valence-electron chi connectivity index (χ2n) is 11.9. The van der Waals surface area contributed by atoms with Crippen LogP contribution in [0.2, 0.25) is 0 Å². The van der Waals surface area contributed by atoms with Crippen molar-refractivity contribution in [3.63, 3.8) is 0 Å². The fourth-order valence-corrected chi connectivity index (χ4v) is 8.41. The number of hydrogen-bond acceptors (Lipinski definition) is 4. The Morgan fingerprint density at radius 1 is 1.13 bits per heavy atom. The predicted octanol–water partition coefficient (Wildman–Crippen LogP) is 4.73. The van der Waals surface area contributed by atoms with Crippen molar-refractivity contribution < 1.29 is 9.90 Å². The van der Waals surface area contributed by atoms with Gasteiger partial charge in [-0.25, -0.2) is 0 Å². The maximum absolute atomic E-state index is 13.0. The maximum Gasteiger partial charge on any atom is 0.157 e. The van der Waals surface area contributed by atoms with E-state index in [0.29, 0.717) is 12.1 Å². The number of hydrogen-bond donors (Lipinski definition) is 1. The van der Waals surface area contributed by atoms with Gasteiger partial charge in [0.15, 0.2) is 5.78 Å². The summed E-state index contributed by atoms with van der Waals surface area (Å²) in [6.07, 6.45) is 14.8. The minimum Gasteiger partial charge on any atom is -0.390 e. The van der Waals surface area contributed by atoms with E-state index in [1.54, 1.807) is 10.9 Å². The van der Waals surface area contributed by atoms with Crippen LogP contribution in [0.1, 0.15) is 83.6 Å². The first-order chi connectivity index (χ1) is 14.8. The highest BCUT2D eigenvalue weighted by Crippen LogP contribution is 2.62. The first-order valence-corrected chi connectivity index (χ1v) is 12.5. The standard InChI is InChI=1S/C26H37N3O2/c1-25-9-7-21-20-8-10-26(2,31)12-18(20)3-5-22(21)23(25)6-4-19(11-25)24(30)16-29-15-17(13-27)14-28-29/h14-15,18-23,31H,3-12,16H2,1-2H3/t18-,19+,20+,21-,22-,23+,25-,26-/m1/s1. The average molecular weight is 424 g/mol. The molecule has 0 aliphatic heterocycles. The molecule has 4 fully saturated rings. The Labute approximate surface area is 186 Å². The third kappa shape index (κ3) is 3.86. The molecule has 0 amide bonds. The summed E-state index contributed by atoms with van der Waals surface area (Å²) in [6.45, 7) is 4.80. The molecule has 0 aromatic carbocycles. The van der Waals surface area contributed by atoms with Crippen molar-refractivity contribution in [1.29, 1.82) is 5.26 Å². The van der Waals surface area contributed by atoms with Crippen LogP contribution in [-0.2, 0) is 11.3 Å². The van der Waals surface area contributed by atoms with Crippen LogP contribution in [-0.4, -0.2) is 26.3 Å². The van der Waals surface area contributed by atoms with Gasteiger partial charge in [0, 0.05) is 12.1 Å². The van der Waals surface area contributed by atoms with Crippen LogP contribution in [0.4, 0.5) is 0 Å². The number of nitriles is 1. The summed E-state index contributed by atoms with van der Waals surface area (Å²) in [4.78, 5) is 13.0. The molecule has 1 aromatic rings. The first kappa shape index (κ1) is 21.2. The van der Waals surface area contributed by atoms with Crippen molar-refractivity contribution in [2.75, 3.05) is 0 Å². The summed E-state index contributed by atoms with van der Waals surface area (Å²) >= 11 is 0. The molecular weight excluding hydrogens is 386 g/mol. The van der Waals surface area contributed by atoms with Gasteiger partial charge in [0.2, 0.25) is 0 Å². The number of ketones is 1. The molecule has 1 heterocycles. The number of carbonyl (C=O) groups excluding carboxylic acids is 1. The van der Waals surface area contributed by atoms with E-state index in [9.17, 15) is 9.90 Å². The highest BCUT2D eigenvalue weighted by atomic mass is 16.3. The summed E-state index contributed by atoms with van der Waals surface area (Å²) in [6, 6.07) is 2.09. The third-order valence-electron chi connectivity index (χ3n) is 9.83. The Kier molecular flexibility index (Phi) is 5.28. The zero-order valence-corrected chi connectivity index (χ0v) is 19.1. The monoisotopic (exact) mass is 423 g/mol. The minimum atomic E-state index is -0.446. The fourth-order valence-electron chi connectivity index (χ4n) is 8.41. The highest BCUT2D eigenvalue weighted by molar-refractivity contribution is 5.81. The predicted molar refractivity (Wildman–Crippen MR) is 118 cm³/mol. The average Bonchev–Trinajstić information content (AvgIpc) is 3.19. The SMILES string of the molecule is C[C@@]1(O)CC[C@H]2[C@H](CC[C@@H]3[C@@H]2CC[C@]2(C)C[C@@H](C(=O)Cn4cc(C#N)cn4)CC[C@@H]32)C1. The van der Waals surface area contributed by atoms with E-state index in [1.807, 2.05) is 6.92 Å². The van der Waals surface area contributed by atoms with Gasteiger partial charge in [-0.3, -0.25) is 9.48 Å². The second-order valence-corrected chi connectivity index (χ2v) is 11.9. The van der Waals surface area contributed by atoms with Gasteiger partial charge in [0.25, 0.3) is 0 Å². The van der Waals surface area contributed by atoms with Crippen molar-refractivity contribution in [3.8, 4) is 6.07 Å². The summed E-state index contributed by atoms with van der Waals surface area (Å²) in [5.74, 6) is 4.38. The van der Waals surface area contributed by atoms with Crippen molar-refractivity contribution >= 4 is 5.78 Å². The molecule has 168 valence electrons. The molecule has 5 nitrogen and oxygen atoms in total. The van der Waals surface area contributed by atoms with Gasteiger partial charge >= 0.3 is 0 Å². The van der Waals surface area contributed by atoms with Gasteiger partial charge in [-0.15, -0.1) is 0 Å². The third-order valence-corrected chi connectivity index (χ3v) is 9.83. The molecule has 0 radical (unpaired) electrons. The van der Waals surface area contributed by atoms with E-state index in [-0.39, 0.29) is 17.1 Å². The molecule has 5 rings (SSSR count). The maximum atomic E-state index is 13.0. The summed E-state index contributed by atoms with van der Waals surface area (Å²) in [7, 11) is 0. The van der Waals surface area contributed by atoms with E-state index in [2.05, 4.69) is 18.1 Å². The number of aromatic nitrogens is 2. The molecule has 31 heavy (non-hydrogen) atoms. The van der Waals surface area contributed by atoms with Gasteiger partial charge in [-0.2, -0.15) is 10.4 Å². The Balaban J connectivity index is 1.25. The van der Waals surface area contributed by atoms with Crippen molar-refractivity contribution in [2.45, 2.75) is 90.2 Å². The van der Waals surface area contributed by atoms with Crippen LogP contribution in [0.25, 0.3) is 0 Å². The van der Waals surface area contributed by atoms with E-state index < -0.39 is 5.60 Å². The van der Waals surface area contributed by atoms with Crippen LogP contribution >= 0.6 is 0 Å². The molecular formula is C26H37N3O2. The molecule has 0 saturated heterocycles. The Bertz CT molecular complexity index is 883. The Morgan fingerprint density at radius 2 is 1.94 bits per heavy atom. The van der Waals surface area contributed by atoms with Gasteiger partial charge in [-0.05, 0) is 106 Å². The lowest BCUT2D eigenvalue weighted by Gasteiger charge is -2.59. The first-order valence-electron chi connectivity index (χ1n) is 12.5. The second kappa shape index (κ2) is 7.73. The van der Waals surface area contributed by atoms with Crippen molar-refractivity contribution in [2.24, 2.45) is 40.9 Å². The summed E-state index contributed by atoms with van der Waals surface area (Å²) in [5, 5.41) is 23.8. The van der Waals surface area contributed by atoms with Crippen molar-refractivity contribution in [1.82, 2.24) is 9.78 Å². The van der Waals surface area contributed by atoms with Gasteiger partial charge in [0.1, 0.15) is 6.07 Å². The lowest BCUT2D eigenvalue weighted by Crippen LogP contribution is -2.52. The van der Waals surface area contributed by atoms with Crippen LogP contribution < -0.4 is 0 Å². The van der Waals surface area contributed by atoms with Crippen LogP contribution in [0.5, 0.6) is 0 Å². The summed E-state index contributed by atoms with van der Waals surface area (Å²) < 4.78 is 1.63. The highest BCUT2D eigenvalue weighted by Gasteiger charge is 2.55. The van der Waals surface area contributed by atoms with Gasteiger partial charge in [0.05, 0.1) is 23.9 Å². The number of rotatable bonds is 3. The number of Topliss-reactive ketones (excluding diaryl/α,β-unsaturated/α-hetero) is 1. The summed E-state index contributed by atoms with van der Waals surface area (Å²) in [5.41, 5.74) is 0.356. The Morgan fingerprint density at radius 3 is 2.71 bits per heavy atom. The number of aliphatic hydroxyl groups is 1. The Hall–Kier alpha value is -1.67. The topological polar surface area (TPSA) is 78.9 Å². The largest absolute Gasteiger partial charge is 0.390 e. The molecule has 0 bridgehead atoms. The number of fused-ring (bicyclic) bond motifs is 5. The fraction of sp³-hybridized carbons (Fsp3) is 0.808. The van der Waals surface area contributed by atoms with Gasteiger partial charge in [-0.1, -0.05) is 6.92 Å². The lowest BCUT2D eigenvalue weighted by atomic mass is 9.46. The van der Waals surface area contributed by atoms with E-state index in [0.717, 1.165) is 55.3 Å². The lowest BCUT2D eigenvalue weighted by molar-refractivity contribution is -0.135. The van der Waals surface area contributed by atoms with Crippen molar-refractivity contribution in [3.05, 3.63) is 18.0 Å². The normalized spacial score (nSPS) is 44.5. The van der Waals surface area contributed by atoms with Crippen LogP contribution in [0.3, 0.4) is 0 Å². The molecule has 1 aromatic heterocycles. The molecule has 1 N–H and O–H groups in total. The van der Waals surface area contributed by atoms with Crippen LogP contribution in [0.15, 0.2) is 12.4 Å². The van der Waals surface area contributed by atoms with E-state index >= 15 is 0 Å². The molecule has 8 atom stereocenters. The minimum absolute atomic E-state index is 0.133. The quantitative estimate of drug-likeness (QED) is 0.762.